The molecule has 0 heterocycles. The molecular formula is C18H21ClS. The fraction of sp³-hybridized carbons (Fsp3) is 0.333. The first-order valence-corrected chi connectivity index (χ1v) is 8.29. The lowest BCUT2D eigenvalue weighted by Gasteiger charge is -2.19. The molecule has 0 fully saturated rings. The maximum absolute atomic E-state index is 5.88. The zero-order valence-electron chi connectivity index (χ0n) is 12.3. The van der Waals surface area contributed by atoms with Gasteiger partial charge in [-0.25, -0.2) is 0 Å². The Balaban J connectivity index is 1.87. The largest absolute Gasteiger partial charge is 0.126 e. The van der Waals surface area contributed by atoms with Crippen LogP contribution in [0.3, 0.4) is 0 Å². The van der Waals surface area contributed by atoms with Gasteiger partial charge in [0.05, 0.1) is 0 Å². The Morgan fingerprint density at radius 2 is 1.50 bits per heavy atom. The summed E-state index contributed by atoms with van der Waals surface area (Å²) in [6, 6.07) is 17.1. The Kier molecular flexibility index (Phi) is 5.17. The lowest BCUT2D eigenvalue weighted by molar-refractivity contribution is 0.590. The number of hydrogen-bond donors (Lipinski definition) is 0. The van der Waals surface area contributed by atoms with Crippen LogP contribution >= 0.6 is 23.4 Å². The molecule has 0 saturated heterocycles. The molecule has 2 aromatic carbocycles. The highest BCUT2D eigenvalue weighted by atomic mass is 35.5. The van der Waals surface area contributed by atoms with Gasteiger partial charge in [0.25, 0.3) is 0 Å². The van der Waals surface area contributed by atoms with Gasteiger partial charge in [0.15, 0.2) is 0 Å². The number of benzene rings is 2. The molecule has 0 aromatic heterocycles. The van der Waals surface area contributed by atoms with Crippen molar-refractivity contribution in [3.05, 3.63) is 64.7 Å². The van der Waals surface area contributed by atoms with Crippen LogP contribution in [0, 0.1) is 0 Å². The highest BCUT2D eigenvalue weighted by molar-refractivity contribution is 7.99. The summed E-state index contributed by atoms with van der Waals surface area (Å²) in [6.45, 7) is 6.75. The van der Waals surface area contributed by atoms with E-state index in [0.717, 1.165) is 17.2 Å². The second-order valence-corrected chi connectivity index (χ2v) is 7.60. The normalized spacial score (nSPS) is 11.6. The zero-order chi connectivity index (χ0) is 14.6. The lowest BCUT2D eigenvalue weighted by Crippen LogP contribution is -2.10. The first-order valence-electron chi connectivity index (χ1n) is 6.93. The van der Waals surface area contributed by atoms with Gasteiger partial charge in [-0.2, -0.15) is 0 Å². The molecule has 0 spiro atoms. The summed E-state index contributed by atoms with van der Waals surface area (Å²) in [5, 5.41) is 0.798. The molecule has 0 N–H and O–H groups in total. The fourth-order valence-corrected chi connectivity index (χ4v) is 3.02. The average molecular weight is 305 g/mol. The molecule has 0 saturated carbocycles. The van der Waals surface area contributed by atoms with E-state index in [1.807, 2.05) is 23.9 Å². The number of rotatable bonds is 4. The Labute approximate surface area is 131 Å². The molecule has 0 nitrogen and oxygen atoms in total. The Morgan fingerprint density at radius 1 is 0.900 bits per heavy atom. The summed E-state index contributed by atoms with van der Waals surface area (Å²) in [7, 11) is 0. The first kappa shape index (κ1) is 15.5. The van der Waals surface area contributed by atoms with Gasteiger partial charge in [-0.15, -0.1) is 11.8 Å². The Hall–Kier alpha value is -0.920. The van der Waals surface area contributed by atoms with E-state index in [-0.39, 0.29) is 5.41 Å². The van der Waals surface area contributed by atoms with Crippen LogP contribution in [0.2, 0.25) is 5.02 Å². The molecule has 106 valence electrons. The molecule has 20 heavy (non-hydrogen) atoms. The molecule has 0 unspecified atom stereocenters. The van der Waals surface area contributed by atoms with Crippen molar-refractivity contribution < 1.29 is 0 Å². The third kappa shape index (κ3) is 4.57. The van der Waals surface area contributed by atoms with E-state index in [1.54, 1.807) is 0 Å². The van der Waals surface area contributed by atoms with Gasteiger partial charge in [-0.05, 0) is 47.2 Å². The number of thioether (sulfide) groups is 1. The van der Waals surface area contributed by atoms with Crippen LogP contribution in [0.15, 0.2) is 53.4 Å². The molecule has 0 bridgehead atoms. The molecule has 0 aliphatic carbocycles. The quantitative estimate of drug-likeness (QED) is 0.627. The maximum atomic E-state index is 5.88. The van der Waals surface area contributed by atoms with Crippen molar-refractivity contribution in [3.8, 4) is 0 Å². The predicted molar refractivity (Wildman–Crippen MR) is 91.0 cm³/mol. The van der Waals surface area contributed by atoms with Gasteiger partial charge in [0.1, 0.15) is 0 Å². The molecule has 2 aromatic rings. The smallest absolute Gasteiger partial charge is 0.0406 e. The molecule has 0 atom stereocenters. The van der Waals surface area contributed by atoms with Crippen molar-refractivity contribution in [3.63, 3.8) is 0 Å². The van der Waals surface area contributed by atoms with Crippen LogP contribution in [-0.4, -0.2) is 5.75 Å². The highest BCUT2D eigenvalue weighted by Gasteiger charge is 2.12. The second-order valence-electron chi connectivity index (χ2n) is 6.00. The molecule has 2 rings (SSSR count). The van der Waals surface area contributed by atoms with Crippen molar-refractivity contribution in [2.75, 3.05) is 5.75 Å². The summed E-state index contributed by atoms with van der Waals surface area (Å²) >= 11 is 7.76. The first-order chi connectivity index (χ1) is 9.45. The monoisotopic (exact) mass is 304 g/mol. The van der Waals surface area contributed by atoms with Crippen LogP contribution in [0.4, 0.5) is 0 Å². The van der Waals surface area contributed by atoms with Crippen molar-refractivity contribution in [1.82, 2.24) is 0 Å². The van der Waals surface area contributed by atoms with Crippen LogP contribution in [0.25, 0.3) is 0 Å². The van der Waals surface area contributed by atoms with Crippen LogP contribution < -0.4 is 0 Å². The number of aryl methyl sites for hydroxylation is 1. The molecule has 0 radical (unpaired) electrons. The SMILES string of the molecule is CC(C)(C)c1ccc(CCSc2ccc(Cl)cc2)cc1. The summed E-state index contributed by atoms with van der Waals surface area (Å²) < 4.78 is 0. The van der Waals surface area contributed by atoms with Crippen LogP contribution in [0.1, 0.15) is 31.9 Å². The van der Waals surface area contributed by atoms with Crippen molar-refractivity contribution in [2.24, 2.45) is 0 Å². The van der Waals surface area contributed by atoms with Gasteiger partial charge in [-0.1, -0.05) is 56.6 Å². The minimum absolute atomic E-state index is 0.233. The van der Waals surface area contributed by atoms with E-state index in [4.69, 9.17) is 11.6 Å². The molecule has 2 heteroatoms. The van der Waals surface area contributed by atoms with Crippen molar-refractivity contribution in [1.29, 1.82) is 0 Å². The topological polar surface area (TPSA) is 0 Å². The van der Waals surface area contributed by atoms with Gasteiger partial charge < -0.3 is 0 Å². The fourth-order valence-electron chi connectivity index (χ4n) is 1.99. The molecular weight excluding hydrogens is 284 g/mol. The molecule has 0 amide bonds. The van der Waals surface area contributed by atoms with E-state index in [1.165, 1.54) is 16.0 Å². The molecule has 0 aliphatic rings. The lowest BCUT2D eigenvalue weighted by atomic mass is 9.86. The van der Waals surface area contributed by atoms with Crippen LogP contribution in [0.5, 0.6) is 0 Å². The second kappa shape index (κ2) is 6.69. The number of halogens is 1. The Bertz CT molecular complexity index is 535. The van der Waals surface area contributed by atoms with Gasteiger partial charge in [0, 0.05) is 15.7 Å². The summed E-state index contributed by atoms with van der Waals surface area (Å²) in [4.78, 5) is 1.28. The number of hydrogen-bond acceptors (Lipinski definition) is 1. The van der Waals surface area contributed by atoms with Crippen molar-refractivity contribution >= 4 is 23.4 Å². The van der Waals surface area contributed by atoms with Gasteiger partial charge in [0.2, 0.25) is 0 Å². The van der Waals surface area contributed by atoms with E-state index in [9.17, 15) is 0 Å². The highest BCUT2D eigenvalue weighted by Crippen LogP contribution is 2.24. The minimum atomic E-state index is 0.233. The predicted octanol–water partition coefficient (Wildman–Crippen LogP) is 5.97. The van der Waals surface area contributed by atoms with Crippen molar-refractivity contribution in [2.45, 2.75) is 37.5 Å². The van der Waals surface area contributed by atoms with Crippen LogP contribution in [-0.2, 0) is 11.8 Å². The van der Waals surface area contributed by atoms with Gasteiger partial charge >= 0.3 is 0 Å². The van der Waals surface area contributed by atoms with E-state index < -0.39 is 0 Å². The third-order valence-corrected chi connectivity index (χ3v) is 4.56. The Morgan fingerprint density at radius 3 is 2.05 bits per heavy atom. The molecule has 0 aliphatic heterocycles. The van der Waals surface area contributed by atoms with E-state index >= 15 is 0 Å². The average Bonchev–Trinajstić information content (AvgIpc) is 2.41. The third-order valence-electron chi connectivity index (χ3n) is 3.29. The standard InChI is InChI=1S/C18H21ClS/c1-18(2,3)15-6-4-14(5-7-15)12-13-20-17-10-8-16(19)9-11-17/h4-11H,12-13H2,1-3H3. The summed E-state index contributed by atoms with van der Waals surface area (Å²) in [6.07, 6.45) is 1.09. The summed E-state index contributed by atoms with van der Waals surface area (Å²) in [5.41, 5.74) is 3.03. The minimum Gasteiger partial charge on any atom is -0.126 e. The zero-order valence-corrected chi connectivity index (χ0v) is 13.9. The van der Waals surface area contributed by atoms with E-state index in [2.05, 4.69) is 57.2 Å². The van der Waals surface area contributed by atoms with Gasteiger partial charge in [-0.3, -0.25) is 0 Å². The maximum Gasteiger partial charge on any atom is 0.0406 e. The summed E-state index contributed by atoms with van der Waals surface area (Å²) in [5.74, 6) is 1.09. The van der Waals surface area contributed by atoms with E-state index in [0.29, 0.717) is 0 Å².